The number of rotatable bonds is 4. The molecule has 7 rings (SSSR count). The Balaban J connectivity index is 1.67. The molecule has 5 nitrogen and oxygen atoms in total. The Hall–Kier alpha value is -2.99. The largest absolute Gasteiger partial charge is 0.355 e. The van der Waals surface area contributed by atoms with Gasteiger partial charge in [-0.15, -0.1) is 0 Å². The summed E-state index contributed by atoms with van der Waals surface area (Å²) in [4.78, 5) is 29.5. The zero-order valence-electron chi connectivity index (χ0n) is 18.2. The highest BCUT2D eigenvalue weighted by atomic mass is 35.5. The molecule has 0 unspecified atom stereocenters. The van der Waals surface area contributed by atoms with Crippen molar-refractivity contribution < 1.29 is 19.1 Å². The molecule has 1 saturated heterocycles. The third-order valence-corrected chi connectivity index (χ3v) is 7.82. The molecule has 0 N–H and O–H groups in total. The number of methoxy groups -OCH3 is 2. The van der Waals surface area contributed by atoms with Gasteiger partial charge >= 0.3 is 0 Å². The Morgan fingerprint density at radius 3 is 1.91 bits per heavy atom. The van der Waals surface area contributed by atoms with Gasteiger partial charge in [0.2, 0.25) is 11.8 Å². The topological polar surface area (TPSA) is 55.8 Å². The van der Waals surface area contributed by atoms with E-state index in [9.17, 15) is 9.59 Å². The molecule has 3 aromatic carbocycles. The Morgan fingerprint density at radius 2 is 1.36 bits per heavy atom. The van der Waals surface area contributed by atoms with Crippen LogP contribution >= 0.6 is 11.6 Å². The lowest BCUT2D eigenvalue weighted by Gasteiger charge is -2.56. The van der Waals surface area contributed by atoms with E-state index in [0.29, 0.717) is 10.7 Å². The minimum atomic E-state index is -0.954. The quantitative estimate of drug-likeness (QED) is 0.425. The molecule has 2 amide bonds. The monoisotopic (exact) mass is 459 g/mol. The molecule has 6 heteroatoms. The summed E-state index contributed by atoms with van der Waals surface area (Å²) in [6, 6.07) is 22.9. The van der Waals surface area contributed by atoms with Crippen LogP contribution in [0.2, 0.25) is 5.02 Å². The highest BCUT2D eigenvalue weighted by Gasteiger charge is 2.71. The van der Waals surface area contributed by atoms with Crippen LogP contribution in [0.5, 0.6) is 0 Å². The zero-order chi connectivity index (χ0) is 22.9. The van der Waals surface area contributed by atoms with E-state index >= 15 is 0 Å². The predicted octanol–water partition coefficient (Wildman–Crippen LogP) is 4.51. The zero-order valence-corrected chi connectivity index (χ0v) is 19.0. The number of carbonyl (C=O) groups is 2. The van der Waals surface area contributed by atoms with Crippen molar-refractivity contribution in [3.8, 4) is 0 Å². The number of amides is 2. The first kappa shape index (κ1) is 20.6. The maximum atomic E-state index is 14.1. The van der Waals surface area contributed by atoms with Crippen LogP contribution in [0.3, 0.4) is 0 Å². The maximum absolute atomic E-state index is 14.1. The van der Waals surface area contributed by atoms with Gasteiger partial charge in [0.1, 0.15) is 0 Å². The minimum absolute atomic E-state index is 0.198. The molecule has 166 valence electrons. The molecule has 4 aliphatic rings. The van der Waals surface area contributed by atoms with Crippen molar-refractivity contribution in [1.29, 1.82) is 0 Å². The van der Waals surface area contributed by atoms with Gasteiger partial charge in [0, 0.05) is 25.2 Å². The number of benzene rings is 3. The second kappa shape index (κ2) is 7.26. The van der Waals surface area contributed by atoms with E-state index in [4.69, 9.17) is 21.1 Å². The second-order valence-electron chi connectivity index (χ2n) is 8.82. The van der Waals surface area contributed by atoms with Crippen molar-refractivity contribution in [3.05, 3.63) is 100 Å². The molecule has 0 aromatic heterocycles. The summed E-state index contributed by atoms with van der Waals surface area (Å²) in [5.74, 6) is -1.85. The molecule has 1 fully saturated rings. The molecule has 2 atom stereocenters. The molecule has 1 aliphatic heterocycles. The first-order chi connectivity index (χ1) is 16.1. The van der Waals surface area contributed by atoms with E-state index in [1.54, 1.807) is 38.5 Å². The number of hydrogen-bond donors (Lipinski definition) is 0. The fourth-order valence-electron chi connectivity index (χ4n) is 6.54. The summed E-state index contributed by atoms with van der Waals surface area (Å²) >= 11 is 6.07. The molecule has 0 saturated carbocycles. The molecule has 2 bridgehead atoms. The van der Waals surface area contributed by atoms with Crippen molar-refractivity contribution in [2.75, 3.05) is 19.1 Å². The van der Waals surface area contributed by atoms with Crippen molar-refractivity contribution in [2.24, 2.45) is 11.8 Å². The van der Waals surface area contributed by atoms with E-state index in [2.05, 4.69) is 12.1 Å². The van der Waals surface area contributed by atoms with E-state index in [1.165, 1.54) is 4.90 Å². The van der Waals surface area contributed by atoms with Gasteiger partial charge in [-0.3, -0.25) is 9.59 Å². The third-order valence-electron chi connectivity index (χ3n) is 7.57. The van der Waals surface area contributed by atoms with Gasteiger partial charge < -0.3 is 9.47 Å². The van der Waals surface area contributed by atoms with Crippen LogP contribution in [-0.4, -0.2) is 32.3 Å². The van der Waals surface area contributed by atoms with Crippen molar-refractivity contribution in [3.63, 3.8) is 0 Å². The van der Waals surface area contributed by atoms with Crippen LogP contribution in [0.4, 0.5) is 5.69 Å². The molecule has 3 aliphatic carbocycles. The Labute approximate surface area is 196 Å². The van der Waals surface area contributed by atoms with Crippen molar-refractivity contribution >= 4 is 29.1 Å². The maximum Gasteiger partial charge on any atom is 0.239 e. The fourth-order valence-corrected chi connectivity index (χ4v) is 6.67. The third kappa shape index (κ3) is 2.45. The smallest absolute Gasteiger partial charge is 0.239 e. The molecule has 1 heterocycles. The summed E-state index contributed by atoms with van der Waals surface area (Å²) in [5.41, 5.74) is 3.65. The summed E-state index contributed by atoms with van der Waals surface area (Å²) in [6.07, 6.45) is -0.754. The number of anilines is 1. The van der Waals surface area contributed by atoms with Gasteiger partial charge in [0.15, 0.2) is 6.29 Å². The van der Waals surface area contributed by atoms with Gasteiger partial charge in [0.05, 0.1) is 22.9 Å². The van der Waals surface area contributed by atoms with E-state index in [1.807, 2.05) is 36.4 Å². The first-order valence-electron chi connectivity index (χ1n) is 10.9. The van der Waals surface area contributed by atoms with E-state index < -0.39 is 23.5 Å². The highest BCUT2D eigenvalue weighted by Crippen LogP contribution is 2.65. The first-order valence-corrected chi connectivity index (χ1v) is 11.3. The van der Waals surface area contributed by atoms with Gasteiger partial charge in [-0.25, -0.2) is 4.90 Å². The van der Waals surface area contributed by atoms with Crippen LogP contribution in [0.1, 0.15) is 28.2 Å². The summed E-state index contributed by atoms with van der Waals surface area (Å²) in [5, 5.41) is 0.547. The fraction of sp³-hybridized carbons (Fsp3) is 0.259. The van der Waals surface area contributed by atoms with Crippen LogP contribution in [0, 0.1) is 11.8 Å². The molecular formula is C27H22ClNO4. The number of hydrogen-bond acceptors (Lipinski definition) is 4. The van der Waals surface area contributed by atoms with Crippen molar-refractivity contribution in [2.45, 2.75) is 17.6 Å². The summed E-state index contributed by atoms with van der Waals surface area (Å²) in [7, 11) is 3.17. The SMILES string of the molecule is COC(OC)C12c3ccccc3C(c3ccccc31)[C@@H]1C(=O)N(c3ccc(Cl)cc3)C(=O)[C@@H]12. The Bertz CT molecular complexity index is 1240. The molecular weight excluding hydrogens is 438 g/mol. The predicted molar refractivity (Wildman–Crippen MR) is 124 cm³/mol. The van der Waals surface area contributed by atoms with Crippen LogP contribution in [-0.2, 0) is 24.5 Å². The van der Waals surface area contributed by atoms with Crippen molar-refractivity contribution in [1.82, 2.24) is 0 Å². The van der Waals surface area contributed by atoms with Gasteiger partial charge in [-0.05, 0) is 46.5 Å². The Kier molecular flexibility index (Phi) is 4.53. The lowest BCUT2D eigenvalue weighted by Crippen LogP contribution is -2.60. The average Bonchev–Trinajstić information content (AvgIpc) is 3.12. The average molecular weight is 460 g/mol. The van der Waals surface area contributed by atoms with Gasteiger partial charge in [-0.2, -0.15) is 0 Å². The number of nitrogens with zero attached hydrogens (tertiary/aromatic N) is 1. The van der Waals surface area contributed by atoms with Gasteiger partial charge in [-0.1, -0.05) is 60.1 Å². The number of carbonyl (C=O) groups excluding carboxylic acids is 2. The van der Waals surface area contributed by atoms with Crippen LogP contribution in [0.15, 0.2) is 72.8 Å². The summed E-state index contributed by atoms with van der Waals surface area (Å²) < 4.78 is 11.8. The highest BCUT2D eigenvalue weighted by molar-refractivity contribution is 6.31. The standard InChI is InChI=1S/C27H22ClNO4/c1-32-26(33-2)27-19-9-5-3-7-17(19)21(18-8-4-6-10-20(18)27)22-23(27)25(31)29(24(22)30)16-13-11-15(28)12-14-16/h3-14,21-23,26H,1-2H3/t21?,22-,23+,27?/m0/s1. The molecule has 33 heavy (non-hydrogen) atoms. The van der Waals surface area contributed by atoms with E-state index in [-0.39, 0.29) is 17.7 Å². The minimum Gasteiger partial charge on any atom is -0.355 e. The number of halogens is 1. The van der Waals surface area contributed by atoms with Gasteiger partial charge in [0.25, 0.3) is 0 Å². The lowest BCUT2D eigenvalue weighted by atomic mass is 9.47. The molecule has 0 spiro atoms. The normalized spacial score (nSPS) is 27.0. The number of ether oxygens (including phenoxy) is 2. The van der Waals surface area contributed by atoms with E-state index in [0.717, 1.165) is 22.3 Å². The molecule has 0 radical (unpaired) electrons. The number of imide groups is 1. The molecule has 3 aromatic rings. The van der Waals surface area contributed by atoms with Crippen LogP contribution < -0.4 is 4.90 Å². The Morgan fingerprint density at radius 1 is 0.818 bits per heavy atom. The van der Waals surface area contributed by atoms with Crippen LogP contribution in [0.25, 0.3) is 0 Å². The second-order valence-corrected chi connectivity index (χ2v) is 9.25. The summed E-state index contributed by atoms with van der Waals surface area (Å²) in [6.45, 7) is 0. The lowest BCUT2D eigenvalue weighted by molar-refractivity contribution is -0.168.